The number of carboxylic acid groups (broad SMARTS) is 1. The molecule has 1 aromatic rings. The van der Waals surface area contributed by atoms with Gasteiger partial charge in [-0.2, -0.15) is 0 Å². The maximum Gasteiger partial charge on any atom is 0.340 e. The minimum Gasteiger partial charge on any atom is -0.504 e. The first kappa shape index (κ1) is 13.8. The first-order chi connectivity index (χ1) is 6.86. The SMILES string of the molecule is Cl.NC(=O)c1cc(O)c(O)c(O)c1C(=O)O. The highest BCUT2D eigenvalue weighted by Crippen LogP contribution is 2.39. The molecule has 1 aromatic carbocycles. The number of benzene rings is 1. The summed E-state index contributed by atoms with van der Waals surface area (Å²) >= 11 is 0. The molecule has 1 amide bonds. The number of amides is 1. The summed E-state index contributed by atoms with van der Waals surface area (Å²) in [5.74, 6) is -5.73. The Kier molecular flexibility index (Phi) is 3.96. The minimum atomic E-state index is -1.64. The lowest BCUT2D eigenvalue weighted by molar-refractivity contribution is 0.0687. The fraction of sp³-hybridized carbons (Fsp3) is 0. The van der Waals surface area contributed by atoms with E-state index in [4.69, 9.17) is 21.1 Å². The van der Waals surface area contributed by atoms with E-state index in [2.05, 4.69) is 0 Å². The van der Waals surface area contributed by atoms with Gasteiger partial charge in [0.05, 0.1) is 5.56 Å². The van der Waals surface area contributed by atoms with Gasteiger partial charge in [0.1, 0.15) is 5.56 Å². The topological polar surface area (TPSA) is 141 Å². The summed E-state index contributed by atoms with van der Waals surface area (Å²) in [6.45, 7) is 0. The summed E-state index contributed by atoms with van der Waals surface area (Å²) in [5, 5.41) is 35.9. The van der Waals surface area contributed by atoms with E-state index in [0.29, 0.717) is 6.07 Å². The highest BCUT2D eigenvalue weighted by Gasteiger charge is 2.24. The van der Waals surface area contributed by atoms with Crippen molar-refractivity contribution in [3.8, 4) is 17.2 Å². The van der Waals surface area contributed by atoms with Crippen LogP contribution in [0.2, 0.25) is 0 Å². The Morgan fingerprint density at radius 2 is 1.62 bits per heavy atom. The zero-order valence-electron chi connectivity index (χ0n) is 7.67. The van der Waals surface area contributed by atoms with Crippen molar-refractivity contribution in [2.75, 3.05) is 0 Å². The van der Waals surface area contributed by atoms with Crippen LogP contribution in [0, 0.1) is 0 Å². The van der Waals surface area contributed by atoms with Crippen LogP contribution in [0.25, 0.3) is 0 Å². The van der Waals surface area contributed by atoms with Crippen LogP contribution in [0.4, 0.5) is 0 Å². The number of aromatic carboxylic acids is 1. The number of carbonyl (C=O) groups excluding carboxylic acids is 1. The van der Waals surface area contributed by atoms with E-state index in [1.54, 1.807) is 0 Å². The van der Waals surface area contributed by atoms with Crippen LogP contribution in [-0.2, 0) is 0 Å². The van der Waals surface area contributed by atoms with Crippen molar-refractivity contribution >= 4 is 24.3 Å². The lowest BCUT2D eigenvalue weighted by Gasteiger charge is -2.07. The van der Waals surface area contributed by atoms with E-state index < -0.39 is 40.3 Å². The van der Waals surface area contributed by atoms with Gasteiger partial charge in [0, 0.05) is 0 Å². The van der Waals surface area contributed by atoms with Crippen LogP contribution in [-0.4, -0.2) is 32.3 Å². The van der Waals surface area contributed by atoms with E-state index >= 15 is 0 Å². The average Bonchev–Trinajstić information content (AvgIpc) is 2.12. The number of aromatic hydroxyl groups is 3. The molecule has 0 saturated carbocycles. The number of carbonyl (C=O) groups is 2. The molecule has 0 saturated heterocycles. The van der Waals surface area contributed by atoms with E-state index in [0.717, 1.165) is 0 Å². The van der Waals surface area contributed by atoms with Crippen LogP contribution in [0.1, 0.15) is 20.7 Å². The summed E-state index contributed by atoms with van der Waals surface area (Å²) in [6, 6.07) is 0.668. The summed E-state index contributed by atoms with van der Waals surface area (Å²) < 4.78 is 0. The van der Waals surface area contributed by atoms with Crippen LogP contribution < -0.4 is 5.73 Å². The molecule has 0 fully saturated rings. The number of phenols is 3. The van der Waals surface area contributed by atoms with Gasteiger partial charge in [-0.3, -0.25) is 4.79 Å². The molecule has 0 aromatic heterocycles. The Morgan fingerprint density at radius 3 is 2.00 bits per heavy atom. The number of hydrogen-bond acceptors (Lipinski definition) is 5. The zero-order chi connectivity index (χ0) is 11.7. The molecule has 0 atom stereocenters. The number of nitrogens with two attached hydrogens (primary N) is 1. The lowest BCUT2D eigenvalue weighted by atomic mass is 10.0. The quantitative estimate of drug-likeness (QED) is 0.468. The smallest absolute Gasteiger partial charge is 0.340 e. The van der Waals surface area contributed by atoms with Gasteiger partial charge in [-0.05, 0) is 6.07 Å². The molecule has 16 heavy (non-hydrogen) atoms. The molecule has 0 aliphatic carbocycles. The second-order valence-corrected chi connectivity index (χ2v) is 2.68. The Bertz CT molecular complexity index is 458. The van der Waals surface area contributed by atoms with Crippen molar-refractivity contribution in [2.24, 2.45) is 5.73 Å². The van der Waals surface area contributed by atoms with Crippen molar-refractivity contribution in [1.82, 2.24) is 0 Å². The Morgan fingerprint density at radius 1 is 1.12 bits per heavy atom. The van der Waals surface area contributed by atoms with Gasteiger partial charge >= 0.3 is 5.97 Å². The molecule has 0 radical (unpaired) electrons. The van der Waals surface area contributed by atoms with E-state index in [1.165, 1.54) is 0 Å². The monoisotopic (exact) mass is 249 g/mol. The molecular formula is C8H8ClNO6. The Hall–Kier alpha value is -2.15. The van der Waals surface area contributed by atoms with Crippen molar-refractivity contribution < 1.29 is 30.0 Å². The first-order valence-electron chi connectivity index (χ1n) is 3.67. The molecule has 7 nitrogen and oxygen atoms in total. The molecule has 8 heteroatoms. The molecular weight excluding hydrogens is 242 g/mol. The van der Waals surface area contributed by atoms with E-state index in [9.17, 15) is 14.7 Å². The third kappa shape index (κ3) is 2.09. The molecule has 6 N–H and O–H groups in total. The van der Waals surface area contributed by atoms with E-state index in [-0.39, 0.29) is 12.4 Å². The largest absolute Gasteiger partial charge is 0.504 e. The minimum absolute atomic E-state index is 0. The van der Waals surface area contributed by atoms with E-state index in [1.807, 2.05) is 0 Å². The molecule has 0 spiro atoms. The van der Waals surface area contributed by atoms with Crippen molar-refractivity contribution in [2.45, 2.75) is 0 Å². The number of carboxylic acids is 1. The highest BCUT2D eigenvalue weighted by atomic mass is 35.5. The Balaban J connectivity index is 0.00000225. The lowest BCUT2D eigenvalue weighted by Crippen LogP contribution is -2.16. The van der Waals surface area contributed by atoms with Gasteiger partial charge in [0.15, 0.2) is 11.5 Å². The third-order valence-corrected chi connectivity index (χ3v) is 1.73. The highest BCUT2D eigenvalue weighted by molar-refractivity contribution is 6.07. The Labute approximate surface area is 95.2 Å². The fourth-order valence-corrected chi connectivity index (χ4v) is 1.06. The predicted octanol–water partition coefficient (Wildman–Crippen LogP) is 0.0223. The fourth-order valence-electron chi connectivity index (χ4n) is 1.06. The second-order valence-electron chi connectivity index (χ2n) is 2.68. The maximum absolute atomic E-state index is 10.8. The number of halogens is 1. The van der Waals surface area contributed by atoms with Crippen LogP contribution >= 0.6 is 12.4 Å². The number of phenolic OH excluding ortho intramolecular Hbond substituents is 2. The van der Waals surface area contributed by atoms with Crippen LogP contribution in [0.15, 0.2) is 6.07 Å². The molecule has 0 aliphatic rings. The van der Waals surface area contributed by atoms with Crippen molar-refractivity contribution in [3.05, 3.63) is 17.2 Å². The van der Waals surface area contributed by atoms with Gasteiger partial charge in [0.25, 0.3) is 0 Å². The molecule has 0 heterocycles. The molecule has 0 unspecified atom stereocenters. The van der Waals surface area contributed by atoms with Crippen molar-refractivity contribution in [1.29, 1.82) is 0 Å². The number of primary amides is 1. The van der Waals surface area contributed by atoms with Gasteiger partial charge in [-0.15, -0.1) is 12.4 Å². The zero-order valence-corrected chi connectivity index (χ0v) is 8.48. The summed E-state index contributed by atoms with van der Waals surface area (Å²) in [4.78, 5) is 21.4. The summed E-state index contributed by atoms with van der Waals surface area (Å²) in [7, 11) is 0. The summed E-state index contributed by atoms with van der Waals surface area (Å²) in [5.41, 5.74) is 3.40. The van der Waals surface area contributed by atoms with Gasteiger partial charge in [0.2, 0.25) is 11.7 Å². The predicted molar refractivity (Wildman–Crippen MR) is 54.2 cm³/mol. The molecule has 0 bridgehead atoms. The second kappa shape index (κ2) is 4.58. The van der Waals surface area contributed by atoms with Gasteiger partial charge in [-0.1, -0.05) is 0 Å². The maximum atomic E-state index is 10.8. The molecule has 1 rings (SSSR count). The molecule has 0 aliphatic heterocycles. The third-order valence-electron chi connectivity index (χ3n) is 1.73. The van der Waals surface area contributed by atoms with Gasteiger partial charge in [-0.25, -0.2) is 4.79 Å². The van der Waals surface area contributed by atoms with Crippen LogP contribution in [0.3, 0.4) is 0 Å². The van der Waals surface area contributed by atoms with Gasteiger partial charge < -0.3 is 26.2 Å². The number of rotatable bonds is 2. The standard InChI is InChI=1S/C8H7NO6.ClH/c9-7(13)2-1-3(10)5(11)6(12)4(2)8(14)15;/h1,10-12H,(H2,9,13)(H,14,15);1H. The average molecular weight is 250 g/mol. The first-order valence-corrected chi connectivity index (χ1v) is 3.67. The molecule has 88 valence electrons. The van der Waals surface area contributed by atoms with Crippen LogP contribution in [0.5, 0.6) is 17.2 Å². The number of hydrogen-bond donors (Lipinski definition) is 5. The normalized spacial score (nSPS) is 9.25. The summed E-state index contributed by atoms with van der Waals surface area (Å²) in [6.07, 6.45) is 0. The van der Waals surface area contributed by atoms with Crippen molar-refractivity contribution in [3.63, 3.8) is 0 Å².